The van der Waals surface area contributed by atoms with Gasteiger partial charge in [0.2, 0.25) is 0 Å². The van der Waals surface area contributed by atoms with Gasteiger partial charge in [0, 0.05) is 12.6 Å². The minimum atomic E-state index is 0.00514. The second-order valence-corrected chi connectivity index (χ2v) is 4.19. The monoisotopic (exact) mass is 217 g/mol. The smallest absolute Gasteiger partial charge is 0.136 e. The number of nitrogens with one attached hydrogen (secondary N) is 1. The molecule has 2 heterocycles. The minimum Gasteiger partial charge on any atom is -0.388 e. The summed E-state index contributed by atoms with van der Waals surface area (Å²) in [4.78, 5) is 4.46. The number of rotatable bonds is 2. The first-order chi connectivity index (χ1) is 7.90. The molecule has 0 amide bonds. The molecule has 0 spiro atoms. The second kappa shape index (κ2) is 3.88. The maximum Gasteiger partial charge on any atom is 0.136 e. The van der Waals surface area contributed by atoms with Crippen molar-refractivity contribution in [3.63, 3.8) is 0 Å². The number of hydrogen-bond donors (Lipinski definition) is 2. The number of para-hydroxylation sites is 2. The first-order valence-corrected chi connectivity index (χ1v) is 5.67. The molecule has 1 atom stereocenters. The lowest BCUT2D eigenvalue weighted by atomic mass is 10.2. The molecule has 2 aromatic rings. The molecule has 2 N–H and O–H groups in total. The molecule has 1 aromatic carbocycles. The Kier molecular flexibility index (Phi) is 2.38. The Morgan fingerprint density at radius 1 is 1.44 bits per heavy atom. The summed E-state index contributed by atoms with van der Waals surface area (Å²) >= 11 is 0. The highest BCUT2D eigenvalue weighted by molar-refractivity contribution is 5.76. The first-order valence-electron chi connectivity index (χ1n) is 5.67. The fourth-order valence-electron chi connectivity index (χ4n) is 2.47. The molecule has 0 saturated carbocycles. The number of aliphatic hydroxyl groups is 1. The highest BCUT2D eigenvalue weighted by Crippen LogP contribution is 2.24. The van der Waals surface area contributed by atoms with Crippen molar-refractivity contribution in [2.24, 2.45) is 0 Å². The summed E-state index contributed by atoms with van der Waals surface area (Å²) in [5.74, 6) is 0.773. The van der Waals surface area contributed by atoms with E-state index in [1.807, 2.05) is 18.2 Å². The van der Waals surface area contributed by atoms with Gasteiger partial charge in [-0.2, -0.15) is 0 Å². The molecule has 4 heteroatoms. The summed E-state index contributed by atoms with van der Waals surface area (Å²) in [6.07, 6.45) is 1.10. The zero-order chi connectivity index (χ0) is 11.0. The average molecular weight is 217 g/mol. The van der Waals surface area contributed by atoms with Crippen molar-refractivity contribution in [3.8, 4) is 0 Å². The fourth-order valence-corrected chi connectivity index (χ4v) is 2.47. The van der Waals surface area contributed by atoms with E-state index >= 15 is 0 Å². The lowest BCUT2D eigenvalue weighted by Gasteiger charge is -2.14. The lowest BCUT2D eigenvalue weighted by molar-refractivity contribution is 0.262. The standard InChI is InChI=1S/C12H15N3O/c16-8-12-14-10-3-1-2-4-11(10)15(12)9-5-6-13-7-9/h1-4,9,13,16H,5-8H2. The number of hydrogen-bond acceptors (Lipinski definition) is 3. The topological polar surface area (TPSA) is 50.1 Å². The van der Waals surface area contributed by atoms with Gasteiger partial charge in [0.05, 0.1) is 11.0 Å². The van der Waals surface area contributed by atoms with Crippen molar-refractivity contribution in [2.75, 3.05) is 13.1 Å². The molecule has 0 aliphatic carbocycles. The van der Waals surface area contributed by atoms with Crippen LogP contribution in [0.25, 0.3) is 11.0 Å². The quantitative estimate of drug-likeness (QED) is 0.791. The Morgan fingerprint density at radius 2 is 2.31 bits per heavy atom. The van der Waals surface area contributed by atoms with Crippen LogP contribution in [0.4, 0.5) is 0 Å². The van der Waals surface area contributed by atoms with Crippen LogP contribution >= 0.6 is 0 Å². The van der Waals surface area contributed by atoms with Gasteiger partial charge in [-0.05, 0) is 25.1 Å². The van der Waals surface area contributed by atoms with Gasteiger partial charge in [0.25, 0.3) is 0 Å². The maximum absolute atomic E-state index is 9.38. The Balaban J connectivity index is 2.18. The molecule has 4 nitrogen and oxygen atoms in total. The third-order valence-electron chi connectivity index (χ3n) is 3.21. The van der Waals surface area contributed by atoms with Gasteiger partial charge in [-0.1, -0.05) is 12.1 Å². The van der Waals surface area contributed by atoms with Crippen LogP contribution in [0.15, 0.2) is 24.3 Å². The van der Waals surface area contributed by atoms with E-state index in [4.69, 9.17) is 0 Å². The largest absolute Gasteiger partial charge is 0.388 e. The number of aliphatic hydroxyl groups excluding tert-OH is 1. The van der Waals surface area contributed by atoms with Crippen LogP contribution in [0.1, 0.15) is 18.3 Å². The molecule has 1 saturated heterocycles. The molecular weight excluding hydrogens is 202 g/mol. The average Bonchev–Trinajstić information content (AvgIpc) is 2.94. The van der Waals surface area contributed by atoms with E-state index in [0.717, 1.165) is 36.4 Å². The highest BCUT2D eigenvalue weighted by atomic mass is 16.3. The van der Waals surface area contributed by atoms with Crippen LogP contribution in [0.5, 0.6) is 0 Å². The summed E-state index contributed by atoms with van der Waals surface area (Å²) < 4.78 is 2.18. The van der Waals surface area contributed by atoms with Crippen LogP contribution in [0, 0.1) is 0 Å². The molecule has 16 heavy (non-hydrogen) atoms. The molecule has 1 aromatic heterocycles. The van der Waals surface area contributed by atoms with Crippen LogP contribution < -0.4 is 5.32 Å². The Hall–Kier alpha value is -1.39. The van der Waals surface area contributed by atoms with Gasteiger partial charge < -0.3 is 15.0 Å². The molecular formula is C12H15N3O. The number of benzene rings is 1. The fraction of sp³-hybridized carbons (Fsp3) is 0.417. The molecule has 1 aliphatic rings. The third kappa shape index (κ3) is 1.42. The van der Waals surface area contributed by atoms with Crippen molar-refractivity contribution in [3.05, 3.63) is 30.1 Å². The van der Waals surface area contributed by atoms with Crippen molar-refractivity contribution in [1.29, 1.82) is 0 Å². The van der Waals surface area contributed by atoms with E-state index in [1.54, 1.807) is 0 Å². The Labute approximate surface area is 93.9 Å². The normalized spacial score (nSPS) is 20.7. The second-order valence-electron chi connectivity index (χ2n) is 4.19. The van der Waals surface area contributed by atoms with E-state index in [9.17, 15) is 5.11 Å². The number of imidazole rings is 1. The summed E-state index contributed by atoms with van der Waals surface area (Å²) in [6.45, 7) is 2.01. The van der Waals surface area contributed by atoms with E-state index in [2.05, 4.69) is 20.9 Å². The van der Waals surface area contributed by atoms with Gasteiger partial charge in [-0.15, -0.1) is 0 Å². The number of fused-ring (bicyclic) bond motifs is 1. The van der Waals surface area contributed by atoms with Crippen molar-refractivity contribution in [1.82, 2.24) is 14.9 Å². The van der Waals surface area contributed by atoms with E-state index in [-0.39, 0.29) is 6.61 Å². The van der Waals surface area contributed by atoms with E-state index in [1.165, 1.54) is 0 Å². The molecule has 1 aliphatic heterocycles. The van der Waals surface area contributed by atoms with Crippen LogP contribution in [0.3, 0.4) is 0 Å². The molecule has 1 unspecified atom stereocenters. The summed E-state index contributed by atoms with van der Waals surface area (Å²) in [6, 6.07) is 8.49. The highest BCUT2D eigenvalue weighted by Gasteiger charge is 2.21. The summed E-state index contributed by atoms with van der Waals surface area (Å²) in [5.41, 5.74) is 2.10. The third-order valence-corrected chi connectivity index (χ3v) is 3.21. The predicted octanol–water partition coefficient (Wildman–Crippen LogP) is 1.06. The molecule has 84 valence electrons. The predicted molar refractivity (Wildman–Crippen MR) is 62.2 cm³/mol. The first kappa shape index (κ1) is 9.81. The maximum atomic E-state index is 9.38. The Bertz CT molecular complexity index is 500. The molecule has 0 radical (unpaired) electrons. The molecule has 3 rings (SSSR count). The summed E-state index contributed by atoms with van der Waals surface area (Å²) in [5, 5.41) is 12.7. The molecule has 0 bridgehead atoms. The van der Waals surface area contributed by atoms with Gasteiger partial charge in [0.15, 0.2) is 0 Å². The Morgan fingerprint density at radius 3 is 3.06 bits per heavy atom. The number of aromatic nitrogens is 2. The van der Waals surface area contributed by atoms with E-state index < -0.39 is 0 Å². The lowest BCUT2D eigenvalue weighted by Crippen LogP contribution is -2.15. The van der Waals surface area contributed by atoms with Crippen LogP contribution in [0.2, 0.25) is 0 Å². The summed E-state index contributed by atoms with van der Waals surface area (Å²) in [7, 11) is 0. The SMILES string of the molecule is OCc1nc2ccccc2n1C1CCNC1. The van der Waals surface area contributed by atoms with Crippen molar-refractivity contribution >= 4 is 11.0 Å². The van der Waals surface area contributed by atoms with Gasteiger partial charge in [-0.25, -0.2) is 4.98 Å². The van der Waals surface area contributed by atoms with Crippen LogP contribution in [-0.4, -0.2) is 27.7 Å². The van der Waals surface area contributed by atoms with Crippen molar-refractivity contribution in [2.45, 2.75) is 19.1 Å². The zero-order valence-corrected chi connectivity index (χ0v) is 9.06. The van der Waals surface area contributed by atoms with Gasteiger partial charge in [0.1, 0.15) is 12.4 Å². The minimum absolute atomic E-state index is 0.00514. The van der Waals surface area contributed by atoms with Crippen molar-refractivity contribution < 1.29 is 5.11 Å². The van der Waals surface area contributed by atoms with Gasteiger partial charge >= 0.3 is 0 Å². The van der Waals surface area contributed by atoms with E-state index in [0.29, 0.717) is 6.04 Å². The van der Waals surface area contributed by atoms with Crippen LogP contribution in [-0.2, 0) is 6.61 Å². The zero-order valence-electron chi connectivity index (χ0n) is 9.06. The van der Waals surface area contributed by atoms with Gasteiger partial charge in [-0.3, -0.25) is 0 Å². The number of nitrogens with zero attached hydrogens (tertiary/aromatic N) is 2. The molecule has 1 fully saturated rings.